The van der Waals surface area contributed by atoms with Crippen LogP contribution in [-0.4, -0.2) is 30.7 Å². The molecule has 88 valence electrons. The van der Waals surface area contributed by atoms with E-state index in [4.69, 9.17) is 10.5 Å². The van der Waals surface area contributed by atoms with Crippen molar-refractivity contribution in [2.75, 3.05) is 13.2 Å². The minimum Gasteiger partial charge on any atom is -0.376 e. The Hall–Kier alpha value is -0.610. The van der Waals surface area contributed by atoms with Gasteiger partial charge in [-0.1, -0.05) is 19.8 Å². The second kappa shape index (κ2) is 5.47. The van der Waals surface area contributed by atoms with Crippen molar-refractivity contribution in [3.8, 4) is 0 Å². The number of hydrogen-bond donors (Lipinski definition) is 2. The largest absolute Gasteiger partial charge is 0.376 e. The number of amides is 1. The zero-order chi connectivity index (χ0) is 11.3. The molecule has 0 bridgehead atoms. The van der Waals surface area contributed by atoms with E-state index in [9.17, 15) is 4.79 Å². The fourth-order valence-corrected chi connectivity index (χ4v) is 1.94. The molecule has 4 nitrogen and oxygen atoms in total. The molecule has 0 aromatic carbocycles. The molecule has 0 aromatic rings. The van der Waals surface area contributed by atoms with Crippen molar-refractivity contribution in [2.45, 2.75) is 51.2 Å². The van der Waals surface area contributed by atoms with E-state index in [1.54, 1.807) is 6.92 Å². The Labute approximate surface area is 91.5 Å². The Balaban J connectivity index is 2.40. The molecule has 1 amide bonds. The maximum Gasteiger partial charge on any atom is 0.239 e. The topological polar surface area (TPSA) is 64.3 Å². The number of carbonyl (C=O) groups excluding carboxylic acids is 1. The Morgan fingerprint density at radius 2 is 2.13 bits per heavy atom. The fraction of sp³-hybridized carbons (Fsp3) is 0.909. The summed E-state index contributed by atoms with van der Waals surface area (Å²) in [5.74, 6) is -0.345. The normalized spacial score (nSPS) is 21.5. The molecule has 1 aliphatic carbocycles. The molecule has 1 rings (SSSR count). The van der Waals surface area contributed by atoms with Crippen molar-refractivity contribution < 1.29 is 9.53 Å². The molecule has 1 fully saturated rings. The molecule has 15 heavy (non-hydrogen) atoms. The van der Waals surface area contributed by atoms with E-state index in [1.165, 1.54) is 12.8 Å². The van der Waals surface area contributed by atoms with E-state index >= 15 is 0 Å². The van der Waals surface area contributed by atoms with Gasteiger partial charge >= 0.3 is 0 Å². The van der Waals surface area contributed by atoms with Crippen LogP contribution in [0.25, 0.3) is 0 Å². The lowest BCUT2D eigenvalue weighted by Crippen LogP contribution is -2.56. The number of rotatable bonds is 6. The summed E-state index contributed by atoms with van der Waals surface area (Å²) in [6.45, 7) is 4.85. The third-order valence-electron chi connectivity index (χ3n) is 3.02. The van der Waals surface area contributed by atoms with Crippen LogP contribution in [0.15, 0.2) is 0 Å². The molecular weight excluding hydrogens is 192 g/mol. The van der Waals surface area contributed by atoms with Crippen LogP contribution in [0.2, 0.25) is 0 Å². The van der Waals surface area contributed by atoms with Gasteiger partial charge in [0, 0.05) is 0 Å². The summed E-state index contributed by atoms with van der Waals surface area (Å²) in [5, 5.41) is 3.08. The zero-order valence-corrected chi connectivity index (χ0v) is 9.71. The van der Waals surface area contributed by atoms with Crippen LogP contribution >= 0.6 is 0 Å². The number of nitrogens with one attached hydrogen (secondary N) is 1. The lowest BCUT2D eigenvalue weighted by Gasteiger charge is -2.28. The molecule has 0 radical (unpaired) electrons. The standard InChI is InChI=1S/C11H22N2O2/c1-3-13-11(2,10(12)14)8-15-9-6-4-5-7-9/h9,13H,3-8H2,1-2H3,(H2,12,14). The highest BCUT2D eigenvalue weighted by Crippen LogP contribution is 2.22. The van der Waals surface area contributed by atoms with Crippen molar-refractivity contribution >= 4 is 5.91 Å². The number of hydrogen-bond acceptors (Lipinski definition) is 3. The van der Waals surface area contributed by atoms with Gasteiger partial charge in [-0.15, -0.1) is 0 Å². The molecule has 1 unspecified atom stereocenters. The van der Waals surface area contributed by atoms with Crippen molar-refractivity contribution in [3.63, 3.8) is 0 Å². The Morgan fingerprint density at radius 3 is 2.60 bits per heavy atom. The number of ether oxygens (including phenoxy) is 1. The maximum absolute atomic E-state index is 11.3. The van der Waals surface area contributed by atoms with Crippen LogP contribution in [0.5, 0.6) is 0 Å². The lowest BCUT2D eigenvalue weighted by molar-refractivity contribution is -0.127. The van der Waals surface area contributed by atoms with Gasteiger partial charge in [-0.25, -0.2) is 0 Å². The summed E-state index contributed by atoms with van der Waals surface area (Å²) in [4.78, 5) is 11.3. The van der Waals surface area contributed by atoms with Crippen LogP contribution < -0.4 is 11.1 Å². The molecule has 1 saturated carbocycles. The first kappa shape index (κ1) is 12.5. The van der Waals surface area contributed by atoms with Crippen LogP contribution in [0.1, 0.15) is 39.5 Å². The van der Waals surface area contributed by atoms with Gasteiger partial charge in [0.2, 0.25) is 5.91 Å². The van der Waals surface area contributed by atoms with E-state index in [2.05, 4.69) is 5.32 Å². The van der Waals surface area contributed by atoms with Gasteiger partial charge in [0.1, 0.15) is 5.54 Å². The van der Waals surface area contributed by atoms with Gasteiger partial charge in [0.25, 0.3) is 0 Å². The lowest BCUT2D eigenvalue weighted by atomic mass is 10.0. The second-order valence-electron chi connectivity index (χ2n) is 4.44. The summed E-state index contributed by atoms with van der Waals surface area (Å²) in [6.07, 6.45) is 5.02. The van der Waals surface area contributed by atoms with E-state index in [1.807, 2.05) is 6.92 Å². The number of nitrogens with two attached hydrogens (primary N) is 1. The average molecular weight is 214 g/mol. The van der Waals surface area contributed by atoms with Crippen LogP contribution in [0.4, 0.5) is 0 Å². The highest BCUT2D eigenvalue weighted by molar-refractivity contribution is 5.84. The first-order valence-electron chi connectivity index (χ1n) is 5.75. The first-order chi connectivity index (χ1) is 7.08. The van der Waals surface area contributed by atoms with E-state index in [-0.39, 0.29) is 5.91 Å². The second-order valence-corrected chi connectivity index (χ2v) is 4.44. The molecule has 1 atom stereocenters. The third-order valence-corrected chi connectivity index (χ3v) is 3.02. The summed E-state index contributed by atoms with van der Waals surface area (Å²) < 4.78 is 5.72. The van der Waals surface area contributed by atoms with Crippen LogP contribution in [-0.2, 0) is 9.53 Å². The molecule has 0 spiro atoms. The minimum atomic E-state index is -0.725. The van der Waals surface area contributed by atoms with Crippen LogP contribution in [0, 0.1) is 0 Å². The Kier molecular flexibility index (Phi) is 4.54. The molecule has 3 N–H and O–H groups in total. The van der Waals surface area contributed by atoms with Crippen LogP contribution in [0.3, 0.4) is 0 Å². The summed E-state index contributed by atoms with van der Waals surface area (Å²) in [7, 11) is 0. The highest BCUT2D eigenvalue weighted by atomic mass is 16.5. The quantitative estimate of drug-likeness (QED) is 0.687. The molecule has 0 saturated heterocycles. The monoisotopic (exact) mass is 214 g/mol. The predicted octanol–water partition coefficient (Wildman–Crippen LogP) is 0.799. The third kappa shape index (κ3) is 3.47. The highest BCUT2D eigenvalue weighted by Gasteiger charge is 2.31. The molecule has 1 aliphatic rings. The molecule has 0 aromatic heterocycles. The minimum absolute atomic E-state index is 0.322. The van der Waals surface area contributed by atoms with Crippen molar-refractivity contribution in [1.29, 1.82) is 0 Å². The van der Waals surface area contributed by atoms with E-state index in [0.717, 1.165) is 12.8 Å². The Bertz CT molecular complexity index is 215. The molecule has 0 heterocycles. The number of carbonyl (C=O) groups is 1. The summed E-state index contributed by atoms with van der Waals surface area (Å²) in [6, 6.07) is 0. The van der Waals surface area contributed by atoms with E-state index in [0.29, 0.717) is 19.3 Å². The maximum atomic E-state index is 11.3. The van der Waals surface area contributed by atoms with E-state index < -0.39 is 5.54 Å². The first-order valence-corrected chi connectivity index (χ1v) is 5.75. The summed E-state index contributed by atoms with van der Waals surface area (Å²) in [5.41, 5.74) is 4.64. The number of primary amides is 1. The smallest absolute Gasteiger partial charge is 0.239 e. The average Bonchev–Trinajstić information content (AvgIpc) is 2.67. The molecular formula is C11H22N2O2. The number of likely N-dealkylation sites (N-methyl/N-ethyl adjacent to an activating group) is 1. The van der Waals surface area contributed by atoms with Gasteiger partial charge < -0.3 is 15.8 Å². The fourth-order valence-electron chi connectivity index (χ4n) is 1.94. The van der Waals surface area contributed by atoms with Crippen molar-refractivity contribution in [2.24, 2.45) is 5.73 Å². The summed E-state index contributed by atoms with van der Waals surface area (Å²) >= 11 is 0. The van der Waals surface area contributed by atoms with Crippen molar-refractivity contribution in [3.05, 3.63) is 0 Å². The zero-order valence-electron chi connectivity index (χ0n) is 9.71. The van der Waals surface area contributed by atoms with Gasteiger partial charge in [-0.3, -0.25) is 4.79 Å². The molecule has 0 aliphatic heterocycles. The Morgan fingerprint density at radius 1 is 1.53 bits per heavy atom. The van der Waals surface area contributed by atoms with Gasteiger partial charge in [0.15, 0.2) is 0 Å². The van der Waals surface area contributed by atoms with Crippen molar-refractivity contribution in [1.82, 2.24) is 5.32 Å². The van der Waals surface area contributed by atoms with Gasteiger partial charge in [-0.2, -0.15) is 0 Å². The SMILES string of the molecule is CCNC(C)(COC1CCCC1)C(N)=O. The van der Waals surface area contributed by atoms with Gasteiger partial charge in [0.05, 0.1) is 12.7 Å². The predicted molar refractivity (Wildman–Crippen MR) is 59.5 cm³/mol. The van der Waals surface area contributed by atoms with Gasteiger partial charge in [-0.05, 0) is 26.3 Å². The molecule has 4 heteroatoms.